The third kappa shape index (κ3) is 5.64. The van der Waals surface area contributed by atoms with E-state index in [1.165, 1.54) is 0 Å². The van der Waals surface area contributed by atoms with E-state index in [4.69, 9.17) is 9.84 Å². The third-order valence-electron chi connectivity index (χ3n) is 5.18. The molecule has 1 amide bonds. The van der Waals surface area contributed by atoms with Gasteiger partial charge in [-0.15, -0.1) is 0 Å². The van der Waals surface area contributed by atoms with Gasteiger partial charge in [0.25, 0.3) is 0 Å². The summed E-state index contributed by atoms with van der Waals surface area (Å²) in [5.41, 5.74) is 4.72. The second-order valence-electron chi connectivity index (χ2n) is 7.90. The van der Waals surface area contributed by atoms with Crippen LogP contribution in [0.15, 0.2) is 79.0 Å². The van der Waals surface area contributed by atoms with E-state index in [0.29, 0.717) is 12.4 Å². The van der Waals surface area contributed by atoms with Crippen LogP contribution >= 0.6 is 0 Å². The lowest BCUT2D eigenvalue weighted by atomic mass is 10.1. The van der Waals surface area contributed by atoms with Gasteiger partial charge in [-0.2, -0.15) is 5.10 Å². The second kappa shape index (κ2) is 10.1. The zero-order valence-electron chi connectivity index (χ0n) is 19.0. The Morgan fingerprint density at radius 2 is 1.79 bits per heavy atom. The molecule has 0 aliphatic heterocycles. The molecule has 4 aromatic rings. The summed E-state index contributed by atoms with van der Waals surface area (Å²) in [6.45, 7) is 2.68. The summed E-state index contributed by atoms with van der Waals surface area (Å²) < 4.78 is 7.17. The van der Waals surface area contributed by atoms with Crippen LogP contribution in [-0.4, -0.2) is 46.3 Å². The molecule has 0 saturated carbocycles. The number of methoxy groups -OCH3 is 1. The molecule has 1 N–H and O–H groups in total. The van der Waals surface area contributed by atoms with E-state index in [2.05, 4.69) is 10.3 Å². The smallest absolute Gasteiger partial charge is 0.239 e. The number of rotatable bonds is 8. The number of carbonyl (C=O) groups is 1. The molecule has 7 heteroatoms. The van der Waals surface area contributed by atoms with Crippen molar-refractivity contribution in [1.82, 2.24) is 19.7 Å². The molecule has 0 unspecified atom stereocenters. The first-order chi connectivity index (χ1) is 16.0. The van der Waals surface area contributed by atoms with Crippen molar-refractivity contribution >= 4 is 11.7 Å². The number of anilines is 1. The maximum Gasteiger partial charge on any atom is 0.239 e. The van der Waals surface area contributed by atoms with Gasteiger partial charge in [0.1, 0.15) is 11.6 Å². The summed E-state index contributed by atoms with van der Waals surface area (Å²) in [6.07, 6.45) is 2.02. The first-order valence-electron chi connectivity index (χ1n) is 10.7. The standard InChI is InChI=1S/C26H27N5O2/c1-19-8-7-11-24(27-19)28-25(32)18-30(2)16-21-17-31(22-9-5-4-6-10-22)29-26(21)20-12-14-23(33-3)15-13-20/h4-15,17H,16,18H2,1-3H3,(H,27,28,32). The van der Waals surface area contributed by atoms with Gasteiger partial charge in [-0.05, 0) is 62.5 Å². The summed E-state index contributed by atoms with van der Waals surface area (Å²) in [7, 11) is 3.57. The number of ether oxygens (including phenoxy) is 1. The maximum atomic E-state index is 12.5. The number of para-hydroxylation sites is 1. The lowest BCUT2D eigenvalue weighted by Crippen LogP contribution is -2.30. The monoisotopic (exact) mass is 441 g/mol. The maximum absolute atomic E-state index is 12.5. The molecule has 2 heterocycles. The van der Waals surface area contributed by atoms with E-state index in [0.717, 1.165) is 34.0 Å². The Kier molecular flexibility index (Phi) is 6.80. The molecule has 0 saturated heterocycles. The van der Waals surface area contributed by atoms with Gasteiger partial charge in [-0.3, -0.25) is 9.69 Å². The number of hydrogen-bond acceptors (Lipinski definition) is 5. The first kappa shape index (κ1) is 22.2. The van der Waals surface area contributed by atoms with Crippen LogP contribution in [0.25, 0.3) is 16.9 Å². The predicted octanol–water partition coefficient (Wildman–Crippen LogP) is 4.32. The van der Waals surface area contributed by atoms with Gasteiger partial charge in [-0.1, -0.05) is 24.3 Å². The van der Waals surface area contributed by atoms with E-state index < -0.39 is 0 Å². The number of nitrogens with zero attached hydrogens (tertiary/aromatic N) is 4. The Hall–Kier alpha value is -3.97. The van der Waals surface area contributed by atoms with Gasteiger partial charge in [0.15, 0.2) is 0 Å². The van der Waals surface area contributed by atoms with E-state index in [1.807, 2.05) is 96.5 Å². The molecule has 2 aromatic heterocycles. The van der Waals surface area contributed by atoms with Crippen molar-refractivity contribution in [3.05, 3.63) is 90.3 Å². The summed E-state index contributed by atoms with van der Waals surface area (Å²) in [5, 5.41) is 7.72. The number of benzene rings is 2. The SMILES string of the molecule is COc1ccc(-c2nn(-c3ccccc3)cc2CN(C)CC(=O)Nc2cccc(C)n2)cc1. The van der Waals surface area contributed by atoms with E-state index in [1.54, 1.807) is 13.2 Å². The number of pyridine rings is 1. The van der Waals surface area contributed by atoms with Crippen LogP contribution < -0.4 is 10.1 Å². The van der Waals surface area contributed by atoms with Crippen molar-refractivity contribution < 1.29 is 9.53 Å². The van der Waals surface area contributed by atoms with Gasteiger partial charge < -0.3 is 10.1 Å². The van der Waals surface area contributed by atoms with Crippen LogP contribution in [0.1, 0.15) is 11.3 Å². The van der Waals surface area contributed by atoms with Crippen molar-refractivity contribution in [2.45, 2.75) is 13.5 Å². The van der Waals surface area contributed by atoms with Crippen LogP contribution in [0.2, 0.25) is 0 Å². The molecular weight excluding hydrogens is 414 g/mol. The largest absolute Gasteiger partial charge is 0.497 e. The number of amides is 1. The molecule has 33 heavy (non-hydrogen) atoms. The fourth-order valence-corrected chi connectivity index (χ4v) is 3.62. The Morgan fingerprint density at radius 3 is 2.48 bits per heavy atom. The van der Waals surface area contributed by atoms with Crippen molar-refractivity contribution in [1.29, 1.82) is 0 Å². The van der Waals surface area contributed by atoms with Crippen molar-refractivity contribution in [3.8, 4) is 22.7 Å². The van der Waals surface area contributed by atoms with Gasteiger partial charge >= 0.3 is 0 Å². The number of likely N-dealkylation sites (N-methyl/N-ethyl adjacent to an activating group) is 1. The fraction of sp³-hybridized carbons (Fsp3) is 0.192. The Bertz CT molecular complexity index is 1220. The number of hydrogen-bond donors (Lipinski definition) is 1. The zero-order chi connectivity index (χ0) is 23.2. The average Bonchev–Trinajstić information content (AvgIpc) is 3.23. The molecule has 0 radical (unpaired) electrons. The quantitative estimate of drug-likeness (QED) is 0.441. The van der Waals surface area contributed by atoms with Crippen LogP contribution in [0.5, 0.6) is 5.75 Å². The molecule has 0 fully saturated rings. The molecule has 0 aliphatic carbocycles. The van der Waals surface area contributed by atoms with Crippen molar-refractivity contribution in [2.24, 2.45) is 0 Å². The van der Waals surface area contributed by atoms with E-state index in [-0.39, 0.29) is 12.5 Å². The highest BCUT2D eigenvalue weighted by atomic mass is 16.5. The minimum atomic E-state index is -0.114. The van der Waals surface area contributed by atoms with Crippen LogP contribution in [-0.2, 0) is 11.3 Å². The molecule has 0 spiro atoms. The van der Waals surface area contributed by atoms with Gasteiger partial charge in [-0.25, -0.2) is 9.67 Å². The average molecular weight is 442 g/mol. The fourth-order valence-electron chi connectivity index (χ4n) is 3.62. The summed E-state index contributed by atoms with van der Waals surface area (Å²) in [4.78, 5) is 18.8. The Labute approximate surface area is 193 Å². The molecule has 0 bridgehead atoms. The highest BCUT2D eigenvalue weighted by Crippen LogP contribution is 2.26. The highest BCUT2D eigenvalue weighted by Gasteiger charge is 2.16. The van der Waals surface area contributed by atoms with Crippen LogP contribution in [0, 0.1) is 6.92 Å². The number of aromatic nitrogens is 3. The third-order valence-corrected chi connectivity index (χ3v) is 5.18. The Balaban J connectivity index is 1.54. The molecule has 7 nitrogen and oxygen atoms in total. The summed E-state index contributed by atoms with van der Waals surface area (Å²) >= 11 is 0. The number of aryl methyl sites for hydroxylation is 1. The molecule has 0 aliphatic rings. The zero-order valence-corrected chi connectivity index (χ0v) is 19.0. The minimum absolute atomic E-state index is 0.114. The molecule has 2 aromatic carbocycles. The van der Waals surface area contributed by atoms with E-state index in [9.17, 15) is 4.79 Å². The summed E-state index contributed by atoms with van der Waals surface area (Å²) in [5.74, 6) is 1.24. The van der Waals surface area contributed by atoms with Gasteiger partial charge in [0.05, 0.1) is 25.0 Å². The summed E-state index contributed by atoms with van der Waals surface area (Å²) in [6, 6.07) is 23.4. The van der Waals surface area contributed by atoms with Crippen molar-refractivity contribution in [2.75, 3.05) is 26.0 Å². The molecule has 168 valence electrons. The van der Waals surface area contributed by atoms with E-state index >= 15 is 0 Å². The molecular formula is C26H27N5O2. The molecule has 4 rings (SSSR count). The normalized spacial score (nSPS) is 10.9. The number of nitrogens with one attached hydrogen (secondary N) is 1. The Morgan fingerprint density at radius 1 is 1.03 bits per heavy atom. The van der Waals surface area contributed by atoms with Gasteiger partial charge in [0, 0.05) is 29.6 Å². The van der Waals surface area contributed by atoms with Crippen LogP contribution in [0.4, 0.5) is 5.82 Å². The molecule has 0 atom stereocenters. The first-order valence-corrected chi connectivity index (χ1v) is 10.7. The lowest BCUT2D eigenvalue weighted by molar-refractivity contribution is -0.117. The second-order valence-corrected chi connectivity index (χ2v) is 7.90. The minimum Gasteiger partial charge on any atom is -0.497 e. The van der Waals surface area contributed by atoms with Crippen LogP contribution in [0.3, 0.4) is 0 Å². The van der Waals surface area contributed by atoms with Gasteiger partial charge in [0.2, 0.25) is 5.91 Å². The predicted molar refractivity (Wildman–Crippen MR) is 129 cm³/mol. The number of carbonyl (C=O) groups excluding carboxylic acids is 1. The highest BCUT2D eigenvalue weighted by molar-refractivity contribution is 5.91. The topological polar surface area (TPSA) is 72.3 Å². The lowest BCUT2D eigenvalue weighted by Gasteiger charge is -2.16. The van der Waals surface area contributed by atoms with Crippen molar-refractivity contribution in [3.63, 3.8) is 0 Å².